The highest BCUT2D eigenvalue weighted by Gasteiger charge is 2.27. The van der Waals surface area contributed by atoms with Crippen LogP contribution in [0.15, 0.2) is 24.5 Å². The number of carbonyl (C=O) groups is 1. The summed E-state index contributed by atoms with van der Waals surface area (Å²) >= 11 is 0. The number of amides is 1. The van der Waals surface area contributed by atoms with Crippen LogP contribution in [0.2, 0.25) is 0 Å². The molecule has 1 N–H and O–H groups in total. The van der Waals surface area contributed by atoms with E-state index in [9.17, 15) is 4.79 Å². The molecule has 0 aromatic carbocycles. The van der Waals surface area contributed by atoms with Crippen molar-refractivity contribution in [2.75, 3.05) is 13.2 Å². The van der Waals surface area contributed by atoms with E-state index in [2.05, 4.69) is 4.98 Å². The fourth-order valence-corrected chi connectivity index (χ4v) is 2.74. The summed E-state index contributed by atoms with van der Waals surface area (Å²) in [7, 11) is 0. The molecule has 19 heavy (non-hydrogen) atoms. The van der Waals surface area contributed by atoms with E-state index < -0.39 is 0 Å². The monoisotopic (exact) mass is 262 g/mol. The second-order valence-electron chi connectivity index (χ2n) is 5.10. The first-order chi connectivity index (χ1) is 9.31. The summed E-state index contributed by atoms with van der Waals surface area (Å²) < 4.78 is 0. The number of aromatic nitrogens is 1. The number of hydrogen-bond acceptors (Lipinski definition) is 3. The Labute approximate surface area is 114 Å². The molecule has 0 saturated carbocycles. The third-order valence-corrected chi connectivity index (χ3v) is 3.77. The molecule has 1 aliphatic rings. The van der Waals surface area contributed by atoms with E-state index in [0.717, 1.165) is 44.2 Å². The number of carbonyl (C=O) groups excluding carboxylic acids is 1. The average molecular weight is 262 g/mol. The Morgan fingerprint density at radius 3 is 2.95 bits per heavy atom. The van der Waals surface area contributed by atoms with Gasteiger partial charge in [0.05, 0.1) is 0 Å². The number of aryl methyl sites for hydroxylation is 1. The van der Waals surface area contributed by atoms with Crippen LogP contribution in [0.3, 0.4) is 0 Å². The highest BCUT2D eigenvalue weighted by molar-refractivity contribution is 5.77. The summed E-state index contributed by atoms with van der Waals surface area (Å²) in [6, 6.07) is 4.26. The zero-order valence-corrected chi connectivity index (χ0v) is 11.3. The van der Waals surface area contributed by atoms with Crippen molar-refractivity contribution in [3.8, 4) is 0 Å². The van der Waals surface area contributed by atoms with Gasteiger partial charge in [0, 0.05) is 38.0 Å². The zero-order chi connectivity index (χ0) is 13.5. The third kappa shape index (κ3) is 4.03. The van der Waals surface area contributed by atoms with E-state index in [1.807, 2.05) is 17.0 Å². The predicted octanol–water partition coefficient (Wildman–Crippen LogP) is 1.78. The number of hydrogen-bond donors (Lipinski definition) is 1. The molecule has 1 atom stereocenters. The number of aliphatic hydroxyl groups excluding tert-OH is 1. The average Bonchev–Trinajstić information content (AvgIpc) is 2.92. The maximum absolute atomic E-state index is 12.2. The lowest BCUT2D eigenvalue weighted by atomic mass is 10.1. The molecule has 1 aromatic heterocycles. The van der Waals surface area contributed by atoms with Gasteiger partial charge >= 0.3 is 0 Å². The van der Waals surface area contributed by atoms with Crippen LogP contribution in [-0.2, 0) is 11.2 Å². The van der Waals surface area contributed by atoms with Gasteiger partial charge in [-0.1, -0.05) is 0 Å². The third-order valence-electron chi connectivity index (χ3n) is 3.77. The molecular weight excluding hydrogens is 240 g/mol. The lowest BCUT2D eigenvalue weighted by molar-refractivity contribution is -0.132. The number of pyridine rings is 1. The van der Waals surface area contributed by atoms with Crippen LogP contribution < -0.4 is 0 Å². The quantitative estimate of drug-likeness (QED) is 0.850. The molecule has 0 bridgehead atoms. The first kappa shape index (κ1) is 14.0. The van der Waals surface area contributed by atoms with Crippen LogP contribution in [0.4, 0.5) is 0 Å². The molecule has 0 aliphatic carbocycles. The number of likely N-dealkylation sites (tertiary alicyclic amines) is 1. The summed E-state index contributed by atoms with van der Waals surface area (Å²) in [5.41, 5.74) is 1.16. The fourth-order valence-electron chi connectivity index (χ4n) is 2.74. The summed E-state index contributed by atoms with van der Waals surface area (Å²) in [6.07, 6.45) is 8.78. The van der Waals surface area contributed by atoms with Crippen LogP contribution in [0.1, 0.15) is 37.7 Å². The highest BCUT2D eigenvalue weighted by Crippen LogP contribution is 2.22. The van der Waals surface area contributed by atoms with Crippen molar-refractivity contribution in [3.63, 3.8) is 0 Å². The van der Waals surface area contributed by atoms with Crippen LogP contribution in [-0.4, -0.2) is 40.1 Å². The van der Waals surface area contributed by atoms with Crippen molar-refractivity contribution >= 4 is 5.91 Å². The van der Waals surface area contributed by atoms with E-state index in [1.165, 1.54) is 0 Å². The standard InChI is InChI=1S/C15H22N2O2/c18-12-2-4-14-3-1-11-17(14)15(19)6-5-13-7-9-16-10-8-13/h7-10,14,18H,1-6,11-12H2. The Kier molecular flexibility index (Phi) is 5.33. The Bertz CT molecular complexity index is 394. The van der Waals surface area contributed by atoms with Gasteiger partial charge in [0.25, 0.3) is 0 Å². The van der Waals surface area contributed by atoms with Crippen LogP contribution in [0.5, 0.6) is 0 Å². The van der Waals surface area contributed by atoms with Crippen LogP contribution in [0, 0.1) is 0 Å². The molecule has 4 nitrogen and oxygen atoms in total. The molecule has 1 saturated heterocycles. The largest absolute Gasteiger partial charge is 0.396 e. The molecule has 0 radical (unpaired) electrons. The molecule has 2 rings (SSSR count). The minimum absolute atomic E-state index is 0.218. The van der Waals surface area contributed by atoms with Gasteiger partial charge in [-0.3, -0.25) is 9.78 Å². The minimum atomic E-state index is 0.218. The Morgan fingerprint density at radius 2 is 2.21 bits per heavy atom. The van der Waals surface area contributed by atoms with Crippen molar-refractivity contribution in [1.82, 2.24) is 9.88 Å². The molecule has 1 aromatic rings. The van der Waals surface area contributed by atoms with Gasteiger partial charge in [-0.05, 0) is 49.8 Å². The second kappa shape index (κ2) is 7.24. The topological polar surface area (TPSA) is 53.4 Å². The van der Waals surface area contributed by atoms with Crippen LogP contribution >= 0.6 is 0 Å². The van der Waals surface area contributed by atoms with Gasteiger partial charge in [0.2, 0.25) is 5.91 Å². The minimum Gasteiger partial charge on any atom is -0.396 e. The fraction of sp³-hybridized carbons (Fsp3) is 0.600. The van der Waals surface area contributed by atoms with E-state index in [1.54, 1.807) is 12.4 Å². The van der Waals surface area contributed by atoms with Gasteiger partial charge < -0.3 is 10.0 Å². The van der Waals surface area contributed by atoms with Crippen molar-refractivity contribution in [3.05, 3.63) is 30.1 Å². The Balaban J connectivity index is 1.82. The van der Waals surface area contributed by atoms with E-state index >= 15 is 0 Å². The zero-order valence-electron chi connectivity index (χ0n) is 11.3. The number of aliphatic hydroxyl groups is 1. The molecule has 4 heteroatoms. The van der Waals surface area contributed by atoms with Crippen molar-refractivity contribution in [2.24, 2.45) is 0 Å². The second-order valence-corrected chi connectivity index (χ2v) is 5.10. The first-order valence-corrected chi connectivity index (χ1v) is 7.10. The summed E-state index contributed by atoms with van der Waals surface area (Å²) in [6.45, 7) is 1.10. The van der Waals surface area contributed by atoms with Crippen molar-refractivity contribution < 1.29 is 9.90 Å². The van der Waals surface area contributed by atoms with Gasteiger partial charge in [0.1, 0.15) is 0 Å². The maximum Gasteiger partial charge on any atom is 0.223 e. The summed E-state index contributed by atoms with van der Waals surface area (Å²) in [5.74, 6) is 0.247. The van der Waals surface area contributed by atoms with Crippen molar-refractivity contribution in [1.29, 1.82) is 0 Å². The molecule has 1 amide bonds. The van der Waals surface area contributed by atoms with Crippen molar-refractivity contribution in [2.45, 2.75) is 44.6 Å². The van der Waals surface area contributed by atoms with Crippen LogP contribution in [0.25, 0.3) is 0 Å². The lowest BCUT2D eigenvalue weighted by Crippen LogP contribution is -2.35. The highest BCUT2D eigenvalue weighted by atomic mass is 16.3. The smallest absolute Gasteiger partial charge is 0.223 e. The molecule has 0 spiro atoms. The predicted molar refractivity (Wildman–Crippen MR) is 73.6 cm³/mol. The Morgan fingerprint density at radius 1 is 1.42 bits per heavy atom. The molecule has 1 aliphatic heterocycles. The molecular formula is C15H22N2O2. The molecule has 1 unspecified atom stereocenters. The van der Waals surface area contributed by atoms with E-state index in [-0.39, 0.29) is 12.5 Å². The molecule has 1 fully saturated rings. The maximum atomic E-state index is 12.2. The first-order valence-electron chi connectivity index (χ1n) is 7.10. The van der Waals surface area contributed by atoms with Gasteiger partial charge in [0.15, 0.2) is 0 Å². The normalized spacial score (nSPS) is 18.8. The number of nitrogens with zero attached hydrogens (tertiary/aromatic N) is 2. The van der Waals surface area contributed by atoms with Gasteiger partial charge in [-0.25, -0.2) is 0 Å². The van der Waals surface area contributed by atoms with Gasteiger partial charge in [-0.2, -0.15) is 0 Å². The van der Waals surface area contributed by atoms with Gasteiger partial charge in [-0.15, -0.1) is 0 Å². The summed E-state index contributed by atoms with van der Waals surface area (Å²) in [5, 5.41) is 8.89. The SMILES string of the molecule is O=C(CCc1ccncc1)N1CCCC1CCCO. The molecule has 104 valence electrons. The summed E-state index contributed by atoms with van der Waals surface area (Å²) in [4.78, 5) is 18.2. The lowest BCUT2D eigenvalue weighted by Gasteiger charge is -2.24. The Hall–Kier alpha value is -1.42. The van der Waals surface area contributed by atoms with E-state index in [0.29, 0.717) is 12.5 Å². The molecule has 2 heterocycles. The number of rotatable bonds is 6. The van der Waals surface area contributed by atoms with E-state index in [4.69, 9.17) is 5.11 Å².